The van der Waals surface area contributed by atoms with Crippen molar-refractivity contribution < 1.29 is 33.3 Å². The standard InChI is InChI=1S/C44H28O7/c1-25(45)48-29-17-19-36-39(21-29)50-40-22-30(49-26(2)46)18-20-37(40)44(36)38-24-34-33(23-35(38)43(47)51-44)41(27-11-5-3-6-12-27)31-15-9-10-16-32(31)42(34)28-13-7-4-8-14-28/h3-24H,1-2H3. The molecule has 1 spiro atoms. The van der Waals surface area contributed by atoms with Crippen LogP contribution in [0, 0.1) is 0 Å². The van der Waals surface area contributed by atoms with Crippen molar-refractivity contribution in [1.29, 1.82) is 0 Å². The SMILES string of the molecule is CC(=O)Oc1ccc2c(c1)Oc1cc(OC(C)=O)ccc1C21OC(=O)c2cc3c(-c4ccccc4)c4ccccc4c(-c4ccccc4)c3cc21. The molecule has 2 aliphatic rings. The number of hydrogen-bond acceptors (Lipinski definition) is 7. The minimum Gasteiger partial charge on any atom is -0.456 e. The Balaban J connectivity index is 1.41. The Morgan fingerprint density at radius 3 is 1.49 bits per heavy atom. The molecule has 7 aromatic rings. The van der Waals surface area contributed by atoms with Gasteiger partial charge in [-0.15, -0.1) is 0 Å². The Hall–Kier alpha value is -6.73. The molecule has 0 bridgehead atoms. The van der Waals surface area contributed by atoms with Crippen molar-refractivity contribution in [3.8, 4) is 45.3 Å². The lowest BCUT2D eigenvalue weighted by Gasteiger charge is -2.36. The zero-order chi connectivity index (χ0) is 34.9. The Kier molecular flexibility index (Phi) is 6.79. The minimum atomic E-state index is -1.44. The van der Waals surface area contributed by atoms with E-state index < -0.39 is 23.5 Å². The van der Waals surface area contributed by atoms with Crippen LogP contribution < -0.4 is 14.2 Å². The number of esters is 3. The summed E-state index contributed by atoms with van der Waals surface area (Å²) >= 11 is 0. The van der Waals surface area contributed by atoms with Crippen molar-refractivity contribution in [3.63, 3.8) is 0 Å². The monoisotopic (exact) mass is 668 g/mol. The number of fused-ring (bicyclic) bond motifs is 8. The van der Waals surface area contributed by atoms with Crippen LogP contribution >= 0.6 is 0 Å². The topological polar surface area (TPSA) is 88.1 Å². The van der Waals surface area contributed by atoms with Crippen LogP contribution in [-0.4, -0.2) is 17.9 Å². The van der Waals surface area contributed by atoms with Gasteiger partial charge in [-0.05, 0) is 80.2 Å². The molecule has 0 saturated heterocycles. The largest absolute Gasteiger partial charge is 0.456 e. The summed E-state index contributed by atoms with van der Waals surface area (Å²) in [6, 6.07) is 42.9. The van der Waals surface area contributed by atoms with Crippen molar-refractivity contribution in [1.82, 2.24) is 0 Å². The molecule has 2 aliphatic heterocycles. The van der Waals surface area contributed by atoms with Crippen molar-refractivity contribution in [2.75, 3.05) is 0 Å². The van der Waals surface area contributed by atoms with E-state index in [2.05, 4.69) is 42.5 Å². The maximum atomic E-state index is 14.3. The van der Waals surface area contributed by atoms with Crippen molar-refractivity contribution in [2.45, 2.75) is 19.4 Å². The number of carbonyl (C=O) groups excluding carboxylic acids is 3. The highest BCUT2D eigenvalue weighted by atomic mass is 16.6. The molecule has 9 rings (SSSR count). The first-order valence-corrected chi connectivity index (χ1v) is 16.5. The zero-order valence-corrected chi connectivity index (χ0v) is 27.6. The van der Waals surface area contributed by atoms with Gasteiger partial charge in [-0.25, -0.2) is 4.79 Å². The van der Waals surface area contributed by atoms with Crippen molar-refractivity contribution in [2.24, 2.45) is 0 Å². The van der Waals surface area contributed by atoms with Gasteiger partial charge >= 0.3 is 17.9 Å². The summed E-state index contributed by atoms with van der Waals surface area (Å²) in [5.74, 6) is -0.280. The first-order chi connectivity index (χ1) is 24.8. The molecule has 0 aromatic heterocycles. The minimum absolute atomic E-state index is 0.268. The molecule has 7 nitrogen and oxygen atoms in total. The highest BCUT2D eigenvalue weighted by molar-refractivity contribution is 6.22. The van der Waals surface area contributed by atoms with Gasteiger partial charge in [-0.3, -0.25) is 9.59 Å². The number of benzene rings is 7. The molecule has 0 radical (unpaired) electrons. The molecule has 246 valence electrons. The number of rotatable bonds is 4. The third kappa shape index (κ3) is 4.70. The molecular weight excluding hydrogens is 640 g/mol. The van der Waals surface area contributed by atoms with E-state index in [1.54, 1.807) is 36.4 Å². The second-order valence-corrected chi connectivity index (χ2v) is 12.6. The van der Waals surface area contributed by atoms with Crippen LogP contribution in [0.5, 0.6) is 23.0 Å². The van der Waals surface area contributed by atoms with Crippen LogP contribution in [0.3, 0.4) is 0 Å². The molecule has 2 heterocycles. The maximum absolute atomic E-state index is 14.3. The van der Waals surface area contributed by atoms with Gasteiger partial charge in [0.25, 0.3) is 0 Å². The number of hydrogen-bond donors (Lipinski definition) is 0. The van der Waals surface area contributed by atoms with Gasteiger partial charge in [-0.2, -0.15) is 0 Å². The van der Waals surface area contributed by atoms with E-state index >= 15 is 0 Å². The van der Waals surface area contributed by atoms with Crippen LogP contribution in [0.4, 0.5) is 0 Å². The van der Waals surface area contributed by atoms with Crippen LogP contribution in [0.25, 0.3) is 43.8 Å². The lowest BCUT2D eigenvalue weighted by molar-refractivity contribution is -0.132. The molecule has 0 fully saturated rings. The van der Waals surface area contributed by atoms with Gasteiger partial charge < -0.3 is 18.9 Å². The van der Waals surface area contributed by atoms with Crippen LogP contribution in [0.2, 0.25) is 0 Å². The van der Waals surface area contributed by atoms with Gasteiger partial charge in [0.2, 0.25) is 0 Å². The van der Waals surface area contributed by atoms with Crippen molar-refractivity contribution in [3.05, 3.63) is 156 Å². The molecule has 7 aromatic carbocycles. The van der Waals surface area contributed by atoms with E-state index in [4.69, 9.17) is 18.9 Å². The lowest BCUT2D eigenvalue weighted by atomic mass is 9.75. The van der Waals surface area contributed by atoms with Gasteiger partial charge in [-0.1, -0.05) is 84.9 Å². The first-order valence-electron chi connectivity index (χ1n) is 16.5. The predicted molar refractivity (Wildman–Crippen MR) is 193 cm³/mol. The Labute approximate surface area is 292 Å². The van der Waals surface area contributed by atoms with E-state index in [1.165, 1.54) is 13.8 Å². The van der Waals surface area contributed by atoms with E-state index in [1.807, 2.05) is 54.6 Å². The molecule has 0 amide bonds. The summed E-state index contributed by atoms with van der Waals surface area (Å²) in [6.45, 7) is 2.64. The fourth-order valence-electron chi connectivity index (χ4n) is 7.64. The average molecular weight is 669 g/mol. The van der Waals surface area contributed by atoms with Crippen molar-refractivity contribution >= 4 is 39.5 Å². The average Bonchev–Trinajstić information content (AvgIpc) is 3.40. The zero-order valence-electron chi connectivity index (χ0n) is 27.6. The smallest absolute Gasteiger partial charge is 0.340 e. The van der Waals surface area contributed by atoms with Gasteiger partial charge in [0, 0.05) is 42.7 Å². The van der Waals surface area contributed by atoms with E-state index in [0.29, 0.717) is 33.8 Å². The summed E-state index contributed by atoms with van der Waals surface area (Å²) in [4.78, 5) is 38.1. The van der Waals surface area contributed by atoms with E-state index in [0.717, 1.165) is 43.8 Å². The molecule has 0 atom stereocenters. The highest BCUT2D eigenvalue weighted by Gasteiger charge is 2.54. The molecule has 0 aliphatic carbocycles. The quantitative estimate of drug-likeness (QED) is 0.105. The maximum Gasteiger partial charge on any atom is 0.340 e. The first kappa shape index (κ1) is 30.3. The molecule has 51 heavy (non-hydrogen) atoms. The lowest BCUT2D eigenvalue weighted by Crippen LogP contribution is -2.33. The van der Waals surface area contributed by atoms with Crippen LogP contribution in [0.1, 0.15) is 40.9 Å². The van der Waals surface area contributed by atoms with Crippen LogP contribution in [0.15, 0.2) is 133 Å². The highest BCUT2D eigenvalue weighted by Crippen LogP contribution is 2.58. The number of ether oxygens (including phenoxy) is 4. The van der Waals surface area contributed by atoms with Gasteiger partial charge in [0.1, 0.15) is 23.0 Å². The summed E-state index contributed by atoms with van der Waals surface area (Å²) in [6.07, 6.45) is 0. The second-order valence-electron chi connectivity index (χ2n) is 12.6. The van der Waals surface area contributed by atoms with Gasteiger partial charge in [0.05, 0.1) is 5.56 Å². The molecule has 0 unspecified atom stereocenters. The summed E-state index contributed by atoms with van der Waals surface area (Å²) in [5, 5.41) is 3.99. The normalized spacial score (nSPS) is 13.6. The number of carbonyl (C=O) groups is 3. The third-order valence-corrected chi connectivity index (χ3v) is 9.54. The molecular formula is C44H28O7. The van der Waals surface area contributed by atoms with Gasteiger partial charge in [0.15, 0.2) is 5.60 Å². The predicted octanol–water partition coefficient (Wildman–Crippen LogP) is 9.75. The summed E-state index contributed by atoms with van der Waals surface area (Å²) < 4.78 is 23.8. The fourth-order valence-corrected chi connectivity index (χ4v) is 7.64. The van der Waals surface area contributed by atoms with E-state index in [9.17, 15) is 14.4 Å². The summed E-state index contributed by atoms with van der Waals surface area (Å²) in [7, 11) is 0. The Morgan fingerprint density at radius 2 is 1.00 bits per heavy atom. The third-order valence-electron chi connectivity index (χ3n) is 9.54. The second kappa shape index (κ2) is 11.4. The van der Waals surface area contributed by atoms with E-state index in [-0.39, 0.29) is 11.5 Å². The van der Waals surface area contributed by atoms with Crippen LogP contribution in [-0.2, 0) is 19.9 Å². The Morgan fingerprint density at radius 1 is 0.529 bits per heavy atom. The molecule has 0 saturated carbocycles. The molecule has 7 heteroatoms. The summed E-state index contributed by atoms with van der Waals surface area (Å²) in [5.41, 5.74) is 4.83. The fraction of sp³-hybridized carbons (Fsp3) is 0.0682. The Bertz CT molecular complexity index is 2540. The molecule has 0 N–H and O–H groups in total.